The van der Waals surface area contributed by atoms with Gasteiger partial charge in [-0.05, 0) is 12.8 Å². The molecule has 0 bridgehead atoms. The van der Waals surface area contributed by atoms with Gasteiger partial charge in [-0.3, -0.25) is 0 Å². The summed E-state index contributed by atoms with van der Waals surface area (Å²) in [5.41, 5.74) is 2.04. The van der Waals surface area contributed by atoms with Crippen LogP contribution in [0.5, 0.6) is 0 Å². The molecule has 4 heteroatoms. The third kappa shape index (κ3) is 1.40. The predicted octanol–water partition coefficient (Wildman–Crippen LogP) is -0.663. The first-order chi connectivity index (χ1) is 4.38. The van der Waals surface area contributed by atoms with E-state index in [1.807, 2.05) is 5.59 Å². The van der Waals surface area contributed by atoms with E-state index in [1.165, 1.54) is 0 Å². The van der Waals surface area contributed by atoms with E-state index < -0.39 is 0 Å². The van der Waals surface area contributed by atoms with Crippen molar-refractivity contribution in [1.82, 2.24) is 10.6 Å². The van der Waals surface area contributed by atoms with E-state index in [0.717, 1.165) is 19.4 Å². The Bertz CT molecular complexity index is 79.0. The van der Waals surface area contributed by atoms with Crippen LogP contribution in [0.3, 0.4) is 0 Å². The molecule has 1 saturated heterocycles. The van der Waals surface area contributed by atoms with Gasteiger partial charge >= 0.3 is 0 Å². The summed E-state index contributed by atoms with van der Waals surface area (Å²) in [5.74, 6) is 0. The van der Waals surface area contributed by atoms with Crippen molar-refractivity contribution in [2.75, 3.05) is 13.2 Å². The van der Waals surface area contributed by atoms with Crippen molar-refractivity contribution in [1.29, 1.82) is 0 Å². The van der Waals surface area contributed by atoms with Gasteiger partial charge in [0, 0.05) is 12.6 Å². The second-order valence-electron chi connectivity index (χ2n) is 2.27. The third-order valence-corrected chi connectivity index (χ3v) is 1.72. The minimum absolute atomic E-state index is 0.106. The summed E-state index contributed by atoms with van der Waals surface area (Å²) in [6.07, 6.45) is 2.00. The quantitative estimate of drug-likeness (QED) is 0.436. The minimum atomic E-state index is 0.106. The number of hydrogen-bond donors (Lipinski definition) is 3. The molecule has 9 heavy (non-hydrogen) atoms. The van der Waals surface area contributed by atoms with Gasteiger partial charge < -0.3 is 10.3 Å². The van der Waals surface area contributed by atoms with Gasteiger partial charge in [0.1, 0.15) is 0 Å². The molecule has 1 rings (SSSR count). The summed E-state index contributed by atoms with van der Waals surface area (Å²) in [6.45, 7) is 0.940. The van der Waals surface area contributed by atoms with Crippen LogP contribution in [0.15, 0.2) is 0 Å². The Balaban J connectivity index is 2.32. The number of rotatable bonds is 2. The molecule has 0 amide bonds. The smallest absolute Gasteiger partial charge is 0.0601 e. The molecule has 1 aliphatic heterocycles. The standard InChI is InChI=1S/C5H12N2O2/c8-4-5-2-1-3-7(5)6-9/h5-6,8-9H,1-4H2/t5-/m0/s1. The molecule has 54 valence electrons. The molecule has 0 aliphatic carbocycles. The molecule has 1 heterocycles. The van der Waals surface area contributed by atoms with Crippen LogP contribution < -0.4 is 5.59 Å². The summed E-state index contributed by atoms with van der Waals surface area (Å²) < 4.78 is 0. The van der Waals surface area contributed by atoms with Crippen LogP contribution in [0.1, 0.15) is 12.8 Å². The van der Waals surface area contributed by atoms with Crippen molar-refractivity contribution in [2.24, 2.45) is 0 Å². The molecular formula is C5H12N2O2. The van der Waals surface area contributed by atoms with E-state index in [1.54, 1.807) is 5.01 Å². The van der Waals surface area contributed by atoms with E-state index >= 15 is 0 Å². The van der Waals surface area contributed by atoms with Crippen LogP contribution >= 0.6 is 0 Å². The zero-order valence-electron chi connectivity index (χ0n) is 5.25. The molecule has 1 atom stereocenters. The molecule has 0 radical (unpaired) electrons. The SMILES string of the molecule is OC[C@@H]1CCCN1NO. The first-order valence-corrected chi connectivity index (χ1v) is 3.15. The maximum atomic E-state index is 8.67. The Kier molecular flexibility index (Phi) is 2.41. The molecule has 0 spiro atoms. The van der Waals surface area contributed by atoms with Gasteiger partial charge in [0.05, 0.1) is 6.61 Å². The predicted molar refractivity (Wildman–Crippen MR) is 31.7 cm³/mol. The topological polar surface area (TPSA) is 55.7 Å². The largest absolute Gasteiger partial charge is 0.395 e. The second kappa shape index (κ2) is 3.12. The molecule has 0 aromatic heterocycles. The minimum Gasteiger partial charge on any atom is -0.395 e. The maximum absolute atomic E-state index is 8.67. The normalized spacial score (nSPS) is 29.3. The molecule has 3 N–H and O–H groups in total. The summed E-state index contributed by atoms with van der Waals surface area (Å²) in [6, 6.07) is 0.106. The summed E-state index contributed by atoms with van der Waals surface area (Å²) in [5, 5.41) is 18.7. The molecule has 0 saturated carbocycles. The number of hydrazine groups is 1. The maximum Gasteiger partial charge on any atom is 0.0601 e. The van der Waals surface area contributed by atoms with E-state index in [9.17, 15) is 0 Å². The average molecular weight is 132 g/mol. The molecule has 4 nitrogen and oxygen atoms in total. The highest BCUT2D eigenvalue weighted by molar-refractivity contribution is 4.73. The average Bonchev–Trinajstić information content (AvgIpc) is 2.33. The molecule has 1 fully saturated rings. The van der Waals surface area contributed by atoms with Gasteiger partial charge in [0.25, 0.3) is 0 Å². The van der Waals surface area contributed by atoms with Crippen molar-refractivity contribution in [3.8, 4) is 0 Å². The van der Waals surface area contributed by atoms with Crippen molar-refractivity contribution in [2.45, 2.75) is 18.9 Å². The van der Waals surface area contributed by atoms with E-state index in [-0.39, 0.29) is 12.6 Å². The van der Waals surface area contributed by atoms with Gasteiger partial charge in [-0.25, -0.2) is 5.01 Å². The third-order valence-electron chi connectivity index (χ3n) is 1.72. The molecule has 0 unspecified atom stereocenters. The monoisotopic (exact) mass is 132 g/mol. The summed E-state index contributed by atoms with van der Waals surface area (Å²) >= 11 is 0. The van der Waals surface area contributed by atoms with E-state index in [2.05, 4.69) is 0 Å². The molecule has 1 aliphatic rings. The van der Waals surface area contributed by atoms with Gasteiger partial charge in [-0.2, -0.15) is 0 Å². The Morgan fingerprint density at radius 1 is 1.67 bits per heavy atom. The Morgan fingerprint density at radius 2 is 2.44 bits per heavy atom. The number of nitrogens with zero attached hydrogens (tertiary/aromatic N) is 1. The second-order valence-corrected chi connectivity index (χ2v) is 2.27. The van der Waals surface area contributed by atoms with Crippen LogP contribution in [0, 0.1) is 0 Å². The fourth-order valence-corrected chi connectivity index (χ4v) is 1.16. The first-order valence-electron chi connectivity index (χ1n) is 3.15. The van der Waals surface area contributed by atoms with Gasteiger partial charge in [-0.1, -0.05) is 0 Å². The van der Waals surface area contributed by atoms with Gasteiger partial charge in [-0.15, -0.1) is 5.59 Å². The fraction of sp³-hybridized carbons (Fsp3) is 1.00. The van der Waals surface area contributed by atoms with Crippen molar-refractivity contribution in [3.63, 3.8) is 0 Å². The highest BCUT2D eigenvalue weighted by Crippen LogP contribution is 2.12. The van der Waals surface area contributed by atoms with Crippen molar-refractivity contribution >= 4 is 0 Å². The lowest BCUT2D eigenvalue weighted by atomic mass is 10.2. The Labute approximate surface area is 54.0 Å². The number of nitrogens with one attached hydrogen (secondary N) is 1. The number of aliphatic hydroxyl groups excluding tert-OH is 1. The zero-order chi connectivity index (χ0) is 6.69. The van der Waals surface area contributed by atoms with Crippen LogP contribution in [0.2, 0.25) is 0 Å². The lowest BCUT2D eigenvalue weighted by Crippen LogP contribution is -2.41. The number of aliphatic hydroxyl groups is 1. The lowest BCUT2D eigenvalue weighted by Gasteiger charge is -2.18. The Morgan fingerprint density at radius 3 is 2.89 bits per heavy atom. The van der Waals surface area contributed by atoms with Crippen LogP contribution in [-0.4, -0.2) is 34.5 Å². The van der Waals surface area contributed by atoms with Crippen molar-refractivity contribution in [3.05, 3.63) is 0 Å². The number of hydrogen-bond acceptors (Lipinski definition) is 4. The lowest BCUT2D eigenvalue weighted by molar-refractivity contribution is -0.0401. The van der Waals surface area contributed by atoms with Gasteiger partial charge in [0.15, 0.2) is 0 Å². The Hall–Kier alpha value is -0.160. The summed E-state index contributed by atoms with van der Waals surface area (Å²) in [4.78, 5) is 0. The van der Waals surface area contributed by atoms with Gasteiger partial charge in [0.2, 0.25) is 0 Å². The van der Waals surface area contributed by atoms with Crippen LogP contribution in [0.4, 0.5) is 0 Å². The first kappa shape index (κ1) is 6.95. The van der Waals surface area contributed by atoms with E-state index in [0.29, 0.717) is 0 Å². The van der Waals surface area contributed by atoms with Crippen molar-refractivity contribution < 1.29 is 10.3 Å². The van der Waals surface area contributed by atoms with Crippen LogP contribution in [-0.2, 0) is 0 Å². The molecular weight excluding hydrogens is 120 g/mol. The zero-order valence-corrected chi connectivity index (χ0v) is 5.25. The van der Waals surface area contributed by atoms with Crippen LogP contribution in [0.25, 0.3) is 0 Å². The van der Waals surface area contributed by atoms with E-state index in [4.69, 9.17) is 10.3 Å². The molecule has 0 aromatic rings. The fourth-order valence-electron chi connectivity index (χ4n) is 1.16. The molecule has 0 aromatic carbocycles. The highest BCUT2D eigenvalue weighted by atomic mass is 16.5. The summed E-state index contributed by atoms with van der Waals surface area (Å²) in [7, 11) is 0. The highest BCUT2D eigenvalue weighted by Gasteiger charge is 2.22.